The third-order valence-corrected chi connectivity index (χ3v) is 5.24. The Labute approximate surface area is 162 Å². The molecule has 0 aliphatic carbocycles. The number of aromatic nitrogens is 4. The van der Waals surface area contributed by atoms with E-state index in [0.29, 0.717) is 38.3 Å². The molecule has 28 heavy (non-hydrogen) atoms. The Bertz CT molecular complexity index is 1000. The standard InChI is InChI=1S/C20H22FN5O2/c1-13-17(14(2)26-20(24-13)22-12-23-26)7-8-19(27)25-9-10-28-18(11-25)15-3-5-16(21)6-4-15/h3-6,12,18H,7-11H2,1-2H3. The third kappa shape index (κ3) is 3.60. The second kappa shape index (κ2) is 7.63. The van der Waals surface area contributed by atoms with Crippen molar-refractivity contribution >= 4 is 11.7 Å². The molecule has 1 aliphatic heterocycles. The Balaban J connectivity index is 1.43. The van der Waals surface area contributed by atoms with E-state index in [9.17, 15) is 9.18 Å². The summed E-state index contributed by atoms with van der Waals surface area (Å²) in [5.41, 5.74) is 3.73. The van der Waals surface area contributed by atoms with E-state index in [2.05, 4.69) is 15.1 Å². The molecule has 0 N–H and O–H groups in total. The zero-order valence-corrected chi connectivity index (χ0v) is 15.9. The number of carbonyl (C=O) groups is 1. The van der Waals surface area contributed by atoms with Crippen LogP contribution in [0.1, 0.15) is 35.0 Å². The molecule has 1 fully saturated rings. The van der Waals surface area contributed by atoms with Gasteiger partial charge in [-0.1, -0.05) is 12.1 Å². The molecule has 1 atom stereocenters. The summed E-state index contributed by atoms with van der Waals surface area (Å²) in [6.07, 6.45) is 2.24. The summed E-state index contributed by atoms with van der Waals surface area (Å²) in [5, 5.41) is 4.19. The quantitative estimate of drug-likeness (QED) is 0.692. The number of carbonyl (C=O) groups excluding carboxylic acids is 1. The minimum atomic E-state index is -0.281. The molecule has 3 heterocycles. The van der Waals surface area contributed by atoms with E-state index in [1.54, 1.807) is 16.6 Å². The minimum absolute atomic E-state index is 0.0768. The maximum Gasteiger partial charge on any atom is 0.252 e. The van der Waals surface area contributed by atoms with Crippen LogP contribution in [-0.2, 0) is 16.0 Å². The smallest absolute Gasteiger partial charge is 0.252 e. The van der Waals surface area contributed by atoms with Gasteiger partial charge in [0.2, 0.25) is 5.91 Å². The van der Waals surface area contributed by atoms with Crippen molar-refractivity contribution in [1.29, 1.82) is 0 Å². The molecule has 1 unspecified atom stereocenters. The van der Waals surface area contributed by atoms with Crippen LogP contribution in [0.25, 0.3) is 5.78 Å². The van der Waals surface area contributed by atoms with Gasteiger partial charge in [0.05, 0.1) is 13.2 Å². The number of halogens is 1. The van der Waals surface area contributed by atoms with E-state index in [1.165, 1.54) is 18.5 Å². The molecule has 1 saturated heterocycles. The van der Waals surface area contributed by atoms with Gasteiger partial charge in [0.1, 0.15) is 18.2 Å². The first kappa shape index (κ1) is 18.5. The summed E-state index contributed by atoms with van der Waals surface area (Å²) in [5.74, 6) is 0.365. The minimum Gasteiger partial charge on any atom is -0.370 e. The Morgan fingerprint density at radius 1 is 1.29 bits per heavy atom. The van der Waals surface area contributed by atoms with Crippen molar-refractivity contribution in [2.45, 2.75) is 32.8 Å². The van der Waals surface area contributed by atoms with Crippen molar-refractivity contribution in [3.05, 3.63) is 58.9 Å². The lowest BCUT2D eigenvalue weighted by Gasteiger charge is -2.33. The number of rotatable bonds is 4. The molecule has 0 spiro atoms. The van der Waals surface area contributed by atoms with Crippen LogP contribution in [0.5, 0.6) is 0 Å². The monoisotopic (exact) mass is 383 g/mol. The predicted molar refractivity (Wildman–Crippen MR) is 100 cm³/mol. The van der Waals surface area contributed by atoms with Gasteiger partial charge < -0.3 is 9.64 Å². The van der Waals surface area contributed by atoms with Crippen molar-refractivity contribution in [2.24, 2.45) is 0 Å². The first-order chi connectivity index (χ1) is 13.5. The van der Waals surface area contributed by atoms with Gasteiger partial charge in [-0.15, -0.1) is 0 Å². The molecule has 0 radical (unpaired) electrons. The van der Waals surface area contributed by atoms with Gasteiger partial charge in [-0.05, 0) is 43.5 Å². The molecule has 0 saturated carbocycles. The van der Waals surface area contributed by atoms with Crippen LogP contribution in [0, 0.1) is 19.7 Å². The topological polar surface area (TPSA) is 72.6 Å². The molecule has 0 bridgehead atoms. The van der Waals surface area contributed by atoms with Crippen molar-refractivity contribution < 1.29 is 13.9 Å². The largest absolute Gasteiger partial charge is 0.370 e. The Morgan fingerprint density at radius 3 is 2.86 bits per heavy atom. The zero-order chi connectivity index (χ0) is 19.7. The molecule has 4 rings (SSSR count). The van der Waals surface area contributed by atoms with E-state index in [-0.39, 0.29) is 17.8 Å². The average molecular weight is 383 g/mol. The van der Waals surface area contributed by atoms with Crippen molar-refractivity contribution in [2.75, 3.05) is 19.7 Å². The fourth-order valence-corrected chi connectivity index (χ4v) is 3.66. The highest BCUT2D eigenvalue weighted by atomic mass is 19.1. The number of fused-ring (bicyclic) bond motifs is 1. The summed E-state index contributed by atoms with van der Waals surface area (Å²) in [6, 6.07) is 6.25. The highest BCUT2D eigenvalue weighted by molar-refractivity contribution is 5.76. The van der Waals surface area contributed by atoms with E-state index in [4.69, 9.17) is 4.74 Å². The first-order valence-electron chi connectivity index (χ1n) is 9.33. The number of ether oxygens (including phenoxy) is 1. The summed E-state index contributed by atoms with van der Waals surface area (Å²) >= 11 is 0. The molecule has 1 aliphatic rings. The maximum atomic E-state index is 13.1. The fraction of sp³-hybridized carbons (Fsp3) is 0.400. The van der Waals surface area contributed by atoms with Gasteiger partial charge in [0.25, 0.3) is 5.78 Å². The second-order valence-corrected chi connectivity index (χ2v) is 6.98. The molecule has 1 aromatic carbocycles. The number of benzene rings is 1. The molecule has 1 amide bonds. The van der Waals surface area contributed by atoms with E-state index in [1.807, 2.05) is 18.7 Å². The molecule has 3 aromatic rings. The molecule has 8 heteroatoms. The van der Waals surface area contributed by atoms with Gasteiger partial charge in [0.15, 0.2) is 0 Å². The van der Waals surface area contributed by atoms with E-state index >= 15 is 0 Å². The average Bonchev–Trinajstić information content (AvgIpc) is 3.17. The molecule has 146 valence electrons. The van der Waals surface area contributed by atoms with Crippen LogP contribution >= 0.6 is 0 Å². The third-order valence-electron chi connectivity index (χ3n) is 5.24. The van der Waals surface area contributed by atoms with Crippen LogP contribution in [0.4, 0.5) is 4.39 Å². The van der Waals surface area contributed by atoms with Gasteiger partial charge in [-0.2, -0.15) is 10.1 Å². The normalized spacial score (nSPS) is 17.2. The van der Waals surface area contributed by atoms with Crippen molar-refractivity contribution in [3.63, 3.8) is 0 Å². The SMILES string of the molecule is Cc1nc2ncnn2c(C)c1CCC(=O)N1CCOC(c2ccc(F)cc2)C1. The lowest BCUT2D eigenvalue weighted by atomic mass is 10.0. The number of hydrogen-bond acceptors (Lipinski definition) is 5. The number of morpholine rings is 1. The number of aryl methyl sites for hydroxylation is 2. The zero-order valence-electron chi connectivity index (χ0n) is 15.9. The second-order valence-electron chi connectivity index (χ2n) is 6.98. The Kier molecular flexibility index (Phi) is 5.04. The highest BCUT2D eigenvalue weighted by Crippen LogP contribution is 2.23. The summed E-state index contributed by atoms with van der Waals surface area (Å²) < 4.78 is 20.6. The molecular formula is C20H22FN5O2. The molecular weight excluding hydrogens is 361 g/mol. The summed E-state index contributed by atoms with van der Waals surface area (Å²) in [6.45, 7) is 5.41. The molecule has 7 nitrogen and oxygen atoms in total. The van der Waals surface area contributed by atoms with Crippen LogP contribution < -0.4 is 0 Å². The van der Waals surface area contributed by atoms with Gasteiger partial charge in [-0.3, -0.25) is 4.79 Å². The van der Waals surface area contributed by atoms with Crippen molar-refractivity contribution in [1.82, 2.24) is 24.5 Å². The number of amides is 1. The van der Waals surface area contributed by atoms with Crippen LogP contribution in [0.15, 0.2) is 30.6 Å². The van der Waals surface area contributed by atoms with E-state index in [0.717, 1.165) is 22.5 Å². The Hall–Kier alpha value is -2.87. The van der Waals surface area contributed by atoms with Crippen LogP contribution in [-0.4, -0.2) is 50.1 Å². The predicted octanol–water partition coefficient (Wildman–Crippen LogP) is 2.41. The maximum absolute atomic E-state index is 13.1. The molecule has 2 aromatic heterocycles. The fourth-order valence-electron chi connectivity index (χ4n) is 3.66. The lowest BCUT2D eigenvalue weighted by Crippen LogP contribution is -2.42. The van der Waals surface area contributed by atoms with Gasteiger partial charge >= 0.3 is 0 Å². The Morgan fingerprint density at radius 2 is 2.07 bits per heavy atom. The number of hydrogen-bond donors (Lipinski definition) is 0. The van der Waals surface area contributed by atoms with Crippen molar-refractivity contribution in [3.8, 4) is 0 Å². The van der Waals surface area contributed by atoms with Crippen LogP contribution in [0.3, 0.4) is 0 Å². The first-order valence-corrected chi connectivity index (χ1v) is 9.33. The number of nitrogens with zero attached hydrogens (tertiary/aromatic N) is 5. The van der Waals surface area contributed by atoms with Gasteiger partial charge in [-0.25, -0.2) is 13.9 Å². The lowest BCUT2D eigenvalue weighted by molar-refractivity contribution is -0.139. The summed E-state index contributed by atoms with van der Waals surface area (Å²) in [4.78, 5) is 23.2. The van der Waals surface area contributed by atoms with Crippen LogP contribution in [0.2, 0.25) is 0 Å². The van der Waals surface area contributed by atoms with Gasteiger partial charge in [0, 0.05) is 24.4 Å². The van der Waals surface area contributed by atoms with E-state index < -0.39 is 0 Å². The highest BCUT2D eigenvalue weighted by Gasteiger charge is 2.25. The summed E-state index contributed by atoms with van der Waals surface area (Å²) in [7, 11) is 0.